The van der Waals surface area contributed by atoms with Gasteiger partial charge in [-0.15, -0.1) is 0 Å². The monoisotopic (exact) mass is 477 g/mol. The number of primary sulfonamides is 1. The molecule has 1 heterocycles. The lowest BCUT2D eigenvalue weighted by Crippen LogP contribution is -2.13. The smallest absolute Gasteiger partial charge is 0.238 e. The van der Waals surface area contributed by atoms with Crippen molar-refractivity contribution >= 4 is 43.3 Å². The Labute approximate surface area is 177 Å². The molecule has 29 heavy (non-hydrogen) atoms. The van der Waals surface area contributed by atoms with Gasteiger partial charge in [0.2, 0.25) is 10.0 Å². The van der Waals surface area contributed by atoms with Gasteiger partial charge < -0.3 is 15.4 Å². The van der Waals surface area contributed by atoms with Gasteiger partial charge in [-0.2, -0.15) is 0 Å². The lowest BCUT2D eigenvalue weighted by molar-refractivity contribution is 0.410. The summed E-state index contributed by atoms with van der Waals surface area (Å²) in [5.41, 5.74) is 2.63. The van der Waals surface area contributed by atoms with Crippen molar-refractivity contribution in [2.24, 2.45) is 5.14 Å². The summed E-state index contributed by atoms with van der Waals surface area (Å²) in [6.45, 7) is 2.30. The van der Waals surface area contributed by atoms with Gasteiger partial charge >= 0.3 is 0 Å². The van der Waals surface area contributed by atoms with E-state index in [2.05, 4.69) is 36.5 Å². The fraction of sp³-hybridized carbons (Fsp3) is 0.158. The van der Waals surface area contributed by atoms with Crippen LogP contribution in [0.2, 0.25) is 0 Å². The van der Waals surface area contributed by atoms with E-state index in [0.29, 0.717) is 29.5 Å². The van der Waals surface area contributed by atoms with E-state index in [4.69, 9.17) is 9.88 Å². The van der Waals surface area contributed by atoms with Crippen LogP contribution in [0.4, 0.5) is 17.3 Å². The molecule has 4 N–H and O–H groups in total. The van der Waals surface area contributed by atoms with E-state index in [1.807, 2.05) is 25.1 Å². The molecule has 0 saturated carbocycles. The highest BCUT2D eigenvalue weighted by Gasteiger charge is 2.12. The molecule has 0 spiro atoms. The molecule has 3 aromatic rings. The minimum atomic E-state index is -3.80. The number of aromatic nitrogens is 2. The van der Waals surface area contributed by atoms with E-state index in [-0.39, 0.29) is 4.90 Å². The Hall–Kier alpha value is -2.69. The molecule has 0 unspecified atom stereocenters. The number of benzene rings is 2. The molecule has 0 saturated heterocycles. The molecule has 0 atom stereocenters. The largest absolute Gasteiger partial charge is 0.496 e. The minimum absolute atomic E-state index is 0.0187. The highest BCUT2D eigenvalue weighted by molar-refractivity contribution is 9.10. The van der Waals surface area contributed by atoms with Crippen LogP contribution < -0.4 is 20.5 Å². The highest BCUT2D eigenvalue weighted by Crippen LogP contribution is 2.24. The van der Waals surface area contributed by atoms with Crippen molar-refractivity contribution in [1.82, 2.24) is 9.97 Å². The maximum Gasteiger partial charge on any atom is 0.238 e. The van der Waals surface area contributed by atoms with Crippen LogP contribution in [-0.2, 0) is 16.6 Å². The number of aryl methyl sites for hydroxylation is 1. The Bertz CT molecular complexity index is 1120. The first-order valence-electron chi connectivity index (χ1n) is 8.54. The molecule has 0 bridgehead atoms. The molecule has 0 fully saturated rings. The summed E-state index contributed by atoms with van der Waals surface area (Å²) in [7, 11) is -2.29. The van der Waals surface area contributed by atoms with Gasteiger partial charge in [-0.05, 0) is 48.9 Å². The third-order valence-corrected chi connectivity index (χ3v) is 5.39. The molecule has 2 aromatic carbocycles. The van der Waals surface area contributed by atoms with Crippen LogP contribution >= 0.6 is 15.9 Å². The van der Waals surface area contributed by atoms with Crippen molar-refractivity contribution in [1.29, 1.82) is 0 Å². The van der Waals surface area contributed by atoms with Crippen LogP contribution in [0.1, 0.15) is 11.1 Å². The maximum atomic E-state index is 11.6. The molecule has 8 nitrogen and oxygen atoms in total. The summed E-state index contributed by atoms with van der Waals surface area (Å²) in [6, 6.07) is 12.2. The number of ether oxygens (including phenoxy) is 1. The van der Waals surface area contributed by atoms with Crippen molar-refractivity contribution in [2.45, 2.75) is 18.4 Å². The Kier molecular flexibility index (Phi) is 6.36. The minimum Gasteiger partial charge on any atom is -0.496 e. The molecule has 0 amide bonds. The predicted molar refractivity (Wildman–Crippen MR) is 116 cm³/mol. The van der Waals surface area contributed by atoms with Gasteiger partial charge in [0.1, 0.15) is 23.7 Å². The number of nitrogens with zero attached hydrogens (tertiary/aromatic N) is 2. The molecular weight excluding hydrogens is 458 g/mol. The molecule has 152 valence electrons. The van der Waals surface area contributed by atoms with E-state index in [1.54, 1.807) is 12.1 Å². The maximum absolute atomic E-state index is 11.6. The Morgan fingerprint density at radius 2 is 1.86 bits per heavy atom. The fourth-order valence-corrected chi connectivity index (χ4v) is 3.91. The van der Waals surface area contributed by atoms with Crippen molar-refractivity contribution < 1.29 is 13.2 Å². The first-order valence-corrected chi connectivity index (χ1v) is 10.9. The lowest BCUT2D eigenvalue weighted by Gasteiger charge is -2.12. The first kappa shape index (κ1) is 21.0. The first-order chi connectivity index (χ1) is 13.7. The number of hydrogen-bond acceptors (Lipinski definition) is 7. The number of methoxy groups -OCH3 is 1. The van der Waals surface area contributed by atoms with Gasteiger partial charge in [0.15, 0.2) is 0 Å². The quantitative estimate of drug-likeness (QED) is 0.475. The van der Waals surface area contributed by atoms with Crippen LogP contribution in [0.3, 0.4) is 0 Å². The fourth-order valence-electron chi connectivity index (χ4n) is 2.73. The average Bonchev–Trinajstić information content (AvgIpc) is 2.65. The number of nitrogens with two attached hydrogens (primary N) is 1. The van der Waals surface area contributed by atoms with E-state index in [9.17, 15) is 8.42 Å². The molecule has 0 radical (unpaired) electrons. The van der Waals surface area contributed by atoms with Crippen LogP contribution in [0.25, 0.3) is 0 Å². The second-order valence-electron chi connectivity index (χ2n) is 6.30. The standard InChI is InChI=1S/C19H20BrN5O3S/c1-12-5-14(20)8-15(6-12)25-19-9-18(23-11-24-19)22-10-13-7-16(29(21,26)27)3-4-17(13)28-2/h3-9,11H,10H2,1-2H3,(H2,21,26,27)(H2,22,23,24,25). The van der Waals surface area contributed by atoms with Gasteiger partial charge in [-0.1, -0.05) is 15.9 Å². The number of hydrogen-bond donors (Lipinski definition) is 3. The zero-order chi connectivity index (χ0) is 21.0. The number of anilines is 3. The number of halogens is 1. The van der Waals surface area contributed by atoms with Gasteiger partial charge in [0.25, 0.3) is 0 Å². The Morgan fingerprint density at radius 1 is 1.10 bits per heavy atom. The van der Waals surface area contributed by atoms with Crippen LogP contribution in [0.5, 0.6) is 5.75 Å². The van der Waals surface area contributed by atoms with Crippen LogP contribution in [0.15, 0.2) is 58.2 Å². The van der Waals surface area contributed by atoms with Crippen molar-refractivity contribution in [2.75, 3.05) is 17.7 Å². The lowest BCUT2D eigenvalue weighted by atomic mass is 10.2. The Balaban J connectivity index is 1.77. The van der Waals surface area contributed by atoms with E-state index in [0.717, 1.165) is 15.7 Å². The average molecular weight is 478 g/mol. The second kappa shape index (κ2) is 8.76. The number of sulfonamides is 1. The summed E-state index contributed by atoms with van der Waals surface area (Å²) >= 11 is 3.48. The summed E-state index contributed by atoms with van der Waals surface area (Å²) < 4.78 is 29.5. The zero-order valence-electron chi connectivity index (χ0n) is 15.8. The summed E-state index contributed by atoms with van der Waals surface area (Å²) in [4.78, 5) is 8.45. The normalized spacial score (nSPS) is 11.2. The summed E-state index contributed by atoms with van der Waals surface area (Å²) in [5.74, 6) is 1.73. The second-order valence-corrected chi connectivity index (χ2v) is 8.78. The topological polar surface area (TPSA) is 119 Å². The van der Waals surface area contributed by atoms with Crippen molar-refractivity contribution in [3.05, 3.63) is 64.4 Å². The van der Waals surface area contributed by atoms with Crippen molar-refractivity contribution in [3.8, 4) is 5.75 Å². The third kappa shape index (κ3) is 5.66. The molecule has 3 rings (SSSR count). The van der Waals surface area contributed by atoms with E-state index in [1.165, 1.54) is 25.6 Å². The number of nitrogens with one attached hydrogen (secondary N) is 2. The van der Waals surface area contributed by atoms with Crippen LogP contribution in [-0.4, -0.2) is 25.5 Å². The molecule has 1 aromatic heterocycles. The van der Waals surface area contributed by atoms with E-state index >= 15 is 0 Å². The Morgan fingerprint density at radius 3 is 2.55 bits per heavy atom. The molecule has 10 heteroatoms. The SMILES string of the molecule is COc1ccc(S(N)(=O)=O)cc1CNc1cc(Nc2cc(C)cc(Br)c2)ncn1. The summed E-state index contributed by atoms with van der Waals surface area (Å²) in [5, 5.41) is 11.6. The molecule has 0 aliphatic rings. The predicted octanol–water partition coefficient (Wildman–Crippen LogP) is 3.56. The molecule has 0 aliphatic heterocycles. The highest BCUT2D eigenvalue weighted by atomic mass is 79.9. The molecule has 0 aliphatic carbocycles. The van der Waals surface area contributed by atoms with Gasteiger partial charge in [-0.25, -0.2) is 23.5 Å². The van der Waals surface area contributed by atoms with E-state index < -0.39 is 10.0 Å². The van der Waals surface area contributed by atoms with Gasteiger partial charge in [0, 0.05) is 28.3 Å². The summed E-state index contributed by atoms with van der Waals surface area (Å²) in [6.07, 6.45) is 1.44. The van der Waals surface area contributed by atoms with Crippen molar-refractivity contribution in [3.63, 3.8) is 0 Å². The third-order valence-electron chi connectivity index (χ3n) is 4.02. The van der Waals surface area contributed by atoms with Crippen LogP contribution in [0, 0.1) is 6.92 Å². The zero-order valence-corrected chi connectivity index (χ0v) is 18.2. The number of rotatable bonds is 7. The molecular formula is C19H20BrN5O3S. The van der Waals surface area contributed by atoms with Gasteiger partial charge in [-0.3, -0.25) is 0 Å². The van der Waals surface area contributed by atoms with Gasteiger partial charge in [0.05, 0.1) is 12.0 Å².